The van der Waals surface area contributed by atoms with Gasteiger partial charge < -0.3 is 15.7 Å². The summed E-state index contributed by atoms with van der Waals surface area (Å²) in [6, 6.07) is 6.93. The van der Waals surface area contributed by atoms with Gasteiger partial charge in [0, 0.05) is 11.6 Å². The smallest absolute Gasteiger partial charge is 0.241 e. The topological polar surface area (TPSA) is 90.5 Å². The number of fused-ring (bicyclic) bond motifs is 1. The Labute approximate surface area is 142 Å². The summed E-state index contributed by atoms with van der Waals surface area (Å²) in [4.78, 5) is 24.3. The number of benzene rings is 1. The molecule has 0 aliphatic carbocycles. The average molecular weight is 331 g/mol. The first-order valence-corrected chi connectivity index (χ1v) is 8.25. The molecule has 1 heterocycles. The molecule has 2 amide bonds. The first-order valence-electron chi connectivity index (χ1n) is 8.25. The van der Waals surface area contributed by atoms with E-state index < -0.39 is 12.3 Å². The zero-order chi connectivity index (χ0) is 17.5. The lowest BCUT2D eigenvalue weighted by atomic mass is 10.0. The van der Waals surface area contributed by atoms with E-state index in [2.05, 4.69) is 16.0 Å². The van der Waals surface area contributed by atoms with E-state index in [0.717, 1.165) is 24.1 Å². The number of allylic oxidation sites excluding steroid dienone is 1. The molecule has 0 spiro atoms. The van der Waals surface area contributed by atoms with Crippen LogP contribution in [0.15, 0.2) is 30.3 Å². The predicted molar refractivity (Wildman–Crippen MR) is 94.1 cm³/mol. The quantitative estimate of drug-likeness (QED) is 0.580. The summed E-state index contributed by atoms with van der Waals surface area (Å²) in [5, 5.41) is 18.3. The monoisotopic (exact) mass is 331 g/mol. The Morgan fingerprint density at radius 3 is 2.67 bits per heavy atom. The molecular formula is C18H25N3O3. The molecule has 0 aromatic heterocycles. The molecular weight excluding hydrogens is 306 g/mol. The number of para-hydroxylation sites is 1. The van der Waals surface area contributed by atoms with Crippen LogP contribution in [0.3, 0.4) is 0 Å². The van der Waals surface area contributed by atoms with E-state index in [-0.39, 0.29) is 24.3 Å². The molecule has 1 aliphatic heterocycles. The summed E-state index contributed by atoms with van der Waals surface area (Å²) in [5.41, 5.74) is 1.63. The Hall–Kier alpha value is -2.18. The van der Waals surface area contributed by atoms with Crippen molar-refractivity contribution in [1.82, 2.24) is 10.6 Å². The van der Waals surface area contributed by atoms with Crippen molar-refractivity contribution in [2.24, 2.45) is 5.92 Å². The lowest BCUT2D eigenvalue weighted by molar-refractivity contribution is -0.125. The largest absolute Gasteiger partial charge is 0.377 e. The van der Waals surface area contributed by atoms with E-state index in [1.165, 1.54) is 0 Å². The number of carbonyl (C=O) groups is 2. The van der Waals surface area contributed by atoms with Gasteiger partial charge in [-0.05, 0) is 31.4 Å². The number of carbonyl (C=O) groups excluding carboxylic acids is 2. The summed E-state index contributed by atoms with van der Waals surface area (Å²) in [7, 11) is 0. The molecule has 1 unspecified atom stereocenters. The van der Waals surface area contributed by atoms with Crippen LogP contribution in [0.25, 0.3) is 6.08 Å². The molecule has 1 aromatic rings. The fourth-order valence-corrected chi connectivity index (χ4v) is 2.48. The molecule has 6 nitrogen and oxygen atoms in total. The van der Waals surface area contributed by atoms with Crippen LogP contribution in [0, 0.1) is 5.92 Å². The molecule has 1 aliphatic rings. The van der Waals surface area contributed by atoms with Gasteiger partial charge in [0.05, 0.1) is 12.6 Å². The molecule has 0 fully saturated rings. The zero-order valence-electron chi connectivity index (χ0n) is 14.1. The van der Waals surface area contributed by atoms with Crippen LogP contribution < -0.4 is 16.0 Å². The van der Waals surface area contributed by atoms with Crippen LogP contribution in [0.1, 0.15) is 32.3 Å². The van der Waals surface area contributed by atoms with Crippen molar-refractivity contribution in [2.75, 3.05) is 11.9 Å². The Morgan fingerprint density at radius 2 is 1.88 bits per heavy atom. The van der Waals surface area contributed by atoms with Crippen molar-refractivity contribution in [3.05, 3.63) is 35.9 Å². The number of hydrogen-bond acceptors (Lipinski definition) is 4. The van der Waals surface area contributed by atoms with Crippen molar-refractivity contribution in [2.45, 2.75) is 39.0 Å². The number of β-amino-alcohol motifs (C(OH)–C–C–N with tert-alkyl or cyclic N) is 1. The van der Waals surface area contributed by atoms with Gasteiger partial charge in [0.1, 0.15) is 6.23 Å². The van der Waals surface area contributed by atoms with Crippen molar-refractivity contribution in [1.29, 1.82) is 0 Å². The van der Waals surface area contributed by atoms with Gasteiger partial charge in [-0.2, -0.15) is 0 Å². The minimum Gasteiger partial charge on any atom is -0.377 e. The summed E-state index contributed by atoms with van der Waals surface area (Å²) < 4.78 is 0. The number of amides is 2. The first-order chi connectivity index (χ1) is 11.5. The third kappa shape index (κ3) is 5.18. The van der Waals surface area contributed by atoms with E-state index >= 15 is 0 Å². The summed E-state index contributed by atoms with van der Waals surface area (Å²) in [5.74, 6) is -0.486. The summed E-state index contributed by atoms with van der Waals surface area (Å²) in [6.07, 6.45) is 4.45. The second-order valence-electron chi connectivity index (χ2n) is 6.11. The van der Waals surface area contributed by atoms with E-state index in [1.807, 2.05) is 43.3 Å². The maximum atomic E-state index is 12.3. The van der Waals surface area contributed by atoms with Gasteiger partial charge in [-0.1, -0.05) is 37.3 Å². The molecule has 0 bridgehead atoms. The molecule has 6 heteroatoms. The van der Waals surface area contributed by atoms with Gasteiger partial charge in [0.25, 0.3) is 0 Å². The molecule has 24 heavy (non-hydrogen) atoms. The van der Waals surface area contributed by atoms with Crippen LogP contribution in [-0.4, -0.2) is 35.7 Å². The minimum atomic E-state index is -0.986. The van der Waals surface area contributed by atoms with E-state index in [4.69, 9.17) is 0 Å². The summed E-state index contributed by atoms with van der Waals surface area (Å²) in [6.45, 7) is 3.59. The van der Waals surface area contributed by atoms with Gasteiger partial charge in [-0.25, -0.2) is 0 Å². The minimum absolute atomic E-state index is 0.0627. The first kappa shape index (κ1) is 18.2. The normalized spacial score (nSPS) is 27.9. The van der Waals surface area contributed by atoms with Gasteiger partial charge in [0.2, 0.25) is 11.8 Å². The molecule has 1 aromatic carbocycles. The number of anilines is 1. The van der Waals surface area contributed by atoms with Crippen molar-refractivity contribution in [3.8, 4) is 0 Å². The lowest BCUT2D eigenvalue weighted by Gasteiger charge is -2.20. The molecule has 0 radical (unpaired) electrons. The highest BCUT2D eigenvalue weighted by atomic mass is 16.3. The van der Waals surface area contributed by atoms with Crippen molar-refractivity contribution < 1.29 is 14.7 Å². The predicted octanol–water partition coefficient (Wildman–Crippen LogP) is 1.48. The molecule has 2 rings (SSSR count). The van der Waals surface area contributed by atoms with Gasteiger partial charge in [0.15, 0.2) is 0 Å². The van der Waals surface area contributed by atoms with Crippen LogP contribution >= 0.6 is 0 Å². The van der Waals surface area contributed by atoms with Crippen LogP contribution in [0.4, 0.5) is 5.69 Å². The Bertz CT molecular complexity index is 615. The standard InChI is InChI=1S/C18H25N3O3/c1-12-7-3-4-8-14-9-5-6-10-15(14)21-18(24)13(2)20-16(22)11-19-17(12)23/h4-6,8-10,12-13,16,20,22H,3,7,11H2,1-2H3,(H,19,23)(H,21,24)/b8-4+/t12-,13+,16?/m0/s1. The molecule has 0 saturated carbocycles. The third-order valence-corrected chi connectivity index (χ3v) is 4.04. The average Bonchev–Trinajstić information content (AvgIpc) is 2.56. The Morgan fingerprint density at radius 1 is 1.12 bits per heavy atom. The number of aliphatic hydroxyl groups is 1. The molecule has 4 N–H and O–H groups in total. The Kier molecular flexibility index (Phi) is 6.52. The number of nitrogens with one attached hydrogen (secondary N) is 3. The highest BCUT2D eigenvalue weighted by Gasteiger charge is 2.19. The van der Waals surface area contributed by atoms with Crippen LogP contribution in [0.5, 0.6) is 0 Å². The van der Waals surface area contributed by atoms with Crippen molar-refractivity contribution in [3.63, 3.8) is 0 Å². The SMILES string of the molecule is C[C@H]1CC/C=C/c2ccccc2NC(=O)[C@@H](C)NC(O)CNC1=O. The van der Waals surface area contributed by atoms with E-state index in [0.29, 0.717) is 0 Å². The number of hydrogen-bond donors (Lipinski definition) is 4. The number of aliphatic hydroxyl groups excluding tert-OH is 1. The Balaban J connectivity index is 2.20. The lowest BCUT2D eigenvalue weighted by Crippen LogP contribution is -2.49. The van der Waals surface area contributed by atoms with E-state index in [1.54, 1.807) is 6.92 Å². The maximum absolute atomic E-state index is 12.3. The van der Waals surface area contributed by atoms with Crippen LogP contribution in [-0.2, 0) is 9.59 Å². The fraction of sp³-hybridized carbons (Fsp3) is 0.444. The van der Waals surface area contributed by atoms with Crippen LogP contribution in [0.2, 0.25) is 0 Å². The maximum Gasteiger partial charge on any atom is 0.241 e. The third-order valence-electron chi connectivity index (χ3n) is 4.04. The zero-order valence-corrected chi connectivity index (χ0v) is 14.1. The van der Waals surface area contributed by atoms with Gasteiger partial charge in [-0.15, -0.1) is 0 Å². The van der Waals surface area contributed by atoms with Crippen molar-refractivity contribution >= 4 is 23.6 Å². The molecule has 0 saturated heterocycles. The van der Waals surface area contributed by atoms with E-state index in [9.17, 15) is 14.7 Å². The highest BCUT2D eigenvalue weighted by molar-refractivity contribution is 5.96. The second kappa shape index (κ2) is 8.61. The second-order valence-corrected chi connectivity index (χ2v) is 6.11. The van der Waals surface area contributed by atoms with Gasteiger partial charge >= 0.3 is 0 Å². The highest BCUT2D eigenvalue weighted by Crippen LogP contribution is 2.18. The molecule has 3 atom stereocenters. The fourth-order valence-electron chi connectivity index (χ4n) is 2.48. The number of rotatable bonds is 0. The summed E-state index contributed by atoms with van der Waals surface area (Å²) >= 11 is 0. The molecule has 130 valence electrons. The van der Waals surface area contributed by atoms with Gasteiger partial charge in [-0.3, -0.25) is 14.9 Å².